The predicted octanol–water partition coefficient (Wildman–Crippen LogP) is 9.54. The number of esters is 4. The maximum Gasteiger partial charge on any atom is 0.343 e. The fourth-order valence-electron chi connectivity index (χ4n) is 5.46. The van der Waals surface area contributed by atoms with Crippen LogP contribution < -0.4 is 18.9 Å². The van der Waals surface area contributed by atoms with Crippen molar-refractivity contribution in [3.8, 4) is 45.3 Å². The highest BCUT2D eigenvalue weighted by atomic mass is 16.5. The van der Waals surface area contributed by atoms with Gasteiger partial charge in [0.05, 0.1) is 37.6 Å². The van der Waals surface area contributed by atoms with E-state index in [0.717, 1.165) is 58.7 Å². The fraction of sp³-hybridized carbons (Fsp3) is 0.191. The van der Waals surface area contributed by atoms with E-state index in [1.54, 1.807) is 49.4 Å². The van der Waals surface area contributed by atoms with Crippen LogP contribution in [0, 0.1) is 6.92 Å². The average molecular weight is 769 g/mol. The molecule has 0 heterocycles. The smallest absolute Gasteiger partial charge is 0.343 e. The minimum atomic E-state index is -0.517. The molecule has 0 aliphatic rings. The summed E-state index contributed by atoms with van der Waals surface area (Å²) in [5, 5.41) is 0. The Morgan fingerprint density at radius 3 is 1.25 bits per heavy atom. The second-order valence-corrected chi connectivity index (χ2v) is 12.8. The number of unbranched alkanes of at least 4 members (excludes halogenated alkanes) is 2. The Labute approximate surface area is 332 Å². The van der Waals surface area contributed by atoms with Crippen molar-refractivity contribution in [3.63, 3.8) is 0 Å². The van der Waals surface area contributed by atoms with Crippen molar-refractivity contribution in [2.24, 2.45) is 0 Å². The Morgan fingerprint density at radius 2 is 0.842 bits per heavy atom. The van der Waals surface area contributed by atoms with Crippen LogP contribution in [0.3, 0.4) is 0 Å². The Morgan fingerprint density at radius 1 is 0.474 bits per heavy atom. The first kappa shape index (κ1) is 41.2. The number of benzene rings is 5. The molecule has 10 heteroatoms. The third-order valence-corrected chi connectivity index (χ3v) is 8.61. The van der Waals surface area contributed by atoms with E-state index in [0.29, 0.717) is 67.5 Å². The second kappa shape index (κ2) is 21.2. The maximum absolute atomic E-state index is 13.0. The van der Waals surface area contributed by atoms with Crippen LogP contribution in [0.15, 0.2) is 141 Å². The van der Waals surface area contributed by atoms with Gasteiger partial charge in [0.25, 0.3) is 0 Å². The van der Waals surface area contributed by atoms with Gasteiger partial charge >= 0.3 is 23.9 Å². The molecule has 0 radical (unpaired) electrons. The lowest BCUT2D eigenvalue weighted by Crippen LogP contribution is -2.10. The van der Waals surface area contributed by atoms with Gasteiger partial charge in [0.1, 0.15) is 23.0 Å². The van der Waals surface area contributed by atoms with E-state index in [2.05, 4.69) is 13.2 Å². The van der Waals surface area contributed by atoms with Crippen molar-refractivity contribution < 1.29 is 47.6 Å². The van der Waals surface area contributed by atoms with Gasteiger partial charge < -0.3 is 28.4 Å². The third kappa shape index (κ3) is 12.8. The maximum atomic E-state index is 13.0. The molecule has 57 heavy (non-hydrogen) atoms. The summed E-state index contributed by atoms with van der Waals surface area (Å²) in [6.07, 6.45) is 5.17. The molecule has 0 aliphatic heterocycles. The molecule has 5 aromatic carbocycles. The molecule has 0 spiro atoms. The molecule has 0 atom stereocenters. The topological polar surface area (TPSA) is 124 Å². The Kier molecular flexibility index (Phi) is 15.4. The highest BCUT2D eigenvalue weighted by Gasteiger charge is 2.14. The molecular weight excluding hydrogens is 725 g/mol. The van der Waals surface area contributed by atoms with E-state index < -0.39 is 23.9 Å². The van der Waals surface area contributed by atoms with Gasteiger partial charge in [-0.25, -0.2) is 19.2 Å². The Bertz CT molecular complexity index is 2140. The molecule has 292 valence electrons. The van der Waals surface area contributed by atoms with Crippen molar-refractivity contribution in [2.75, 3.05) is 26.4 Å². The van der Waals surface area contributed by atoms with Gasteiger partial charge in [-0.1, -0.05) is 61.7 Å². The molecule has 0 aromatic heterocycles. The van der Waals surface area contributed by atoms with Crippen LogP contribution in [0.25, 0.3) is 22.3 Å². The normalized spacial score (nSPS) is 10.5. The van der Waals surface area contributed by atoms with Gasteiger partial charge in [-0.15, -0.1) is 0 Å². The van der Waals surface area contributed by atoms with Crippen LogP contribution in [0.2, 0.25) is 0 Å². The summed E-state index contributed by atoms with van der Waals surface area (Å²) >= 11 is 0. The molecule has 10 nitrogen and oxygen atoms in total. The summed E-state index contributed by atoms with van der Waals surface area (Å²) in [4.78, 5) is 48.1. The highest BCUT2D eigenvalue weighted by Crippen LogP contribution is 2.28. The molecule has 0 saturated carbocycles. The van der Waals surface area contributed by atoms with Crippen LogP contribution in [-0.2, 0) is 19.1 Å². The van der Waals surface area contributed by atoms with E-state index in [1.165, 1.54) is 0 Å². The van der Waals surface area contributed by atoms with Crippen molar-refractivity contribution in [2.45, 2.75) is 32.6 Å². The van der Waals surface area contributed by atoms with Gasteiger partial charge in [-0.2, -0.15) is 0 Å². The summed E-state index contributed by atoms with van der Waals surface area (Å²) in [6.45, 7) is 10.2. The summed E-state index contributed by atoms with van der Waals surface area (Å²) in [5.74, 6) is 0.249. The number of hydrogen-bond acceptors (Lipinski definition) is 10. The second-order valence-electron chi connectivity index (χ2n) is 12.8. The molecule has 0 fully saturated rings. The molecule has 5 aromatic rings. The lowest BCUT2D eigenvalue weighted by atomic mass is 10.0. The SMILES string of the molecule is C=CC(=O)OCCCCOc1ccc(-c2ccc(C(=O)Oc3ccc(OC(=O)c4ccc(-c5ccc(OCCCCOC(=O)C=C)cc5)cc4)c(C)c3)cc2)cc1. The first-order valence-electron chi connectivity index (χ1n) is 18.5. The summed E-state index contributed by atoms with van der Waals surface area (Å²) in [5.41, 5.74) is 5.17. The molecule has 0 N–H and O–H groups in total. The number of aryl methyl sites for hydroxylation is 1. The zero-order chi connectivity index (χ0) is 40.4. The fourth-order valence-corrected chi connectivity index (χ4v) is 5.46. The number of hydrogen-bond donors (Lipinski definition) is 0. The standard InChI is InChI=1S/C47H44O10/c1-4-44(48)54-30-8-6-28-52-40-22-18-36(19-23-40)34-10-14-38(15-11-34)46(50)56-42-26-27-43(33(3)32-42)57-47(51)39-16-12-35(13-17-39)37-20-24-41(25-21-37)53-29-7-9-31-55-45(49)5-2/h4-5,10-27,32H,1-2,6-9,28-31H2,3H3. The predicted molar refractivity (Wildman–Crippen MR) is 217 cm³/mol. The van der Waals surface area contributed by atoms with E-state index in [9.17, 15) is 19.2 Å². The van der Waals surface area contributed by atoms with Crippen molar-refractivity contribution in [1.82, 2.24) is 0 Å². The van der Waals surface area contributed by atoms with Gasteiger partial charge in [0.2, 0.25) is 0 Å². The van der Waals surface area contributed by atoms with Crippen LogP contribution in [0.5, 0.6) is 23.0 Å². The quantitative estimate of drug-likeness (QED) is 0.0327. The first-order valence-corrected chi connectivity index (χ1v) is 18.5. The highest BCUT2D eigenvalue weighted by molar-refractivity contribution is 5.93. The van der Waals surface area contributed by atoms with E-state index >= 15 is 0 Å². The molecule has 5 rings (SSSR count). The van der Waals surface area contributed by atoms with E-state index in [1.807, 2.05) is 72.8 Å². The van der Waals surface area contributed by atoms with Crippen LogP contribution >= 0.6 is 0 Å². The summed E-state index contributed by atoms with van der Waals surface area (Å²) in [6, 6.07) is 34.4. The number of ether oxygens (including phenoxy) is 6. The van der Waals surface area contributed by atoms with E-state index in [4.69, 9.17) is 28.4 Å². The number of carbonyl (C=O) groups is 4. The third-order valence-electron chi connectivity index (χ3n) is 8.61. The number of carbonyl (C=O) groups excluding carboxylic acids is 4. The van der Waals surface area contributed by atoms with Gasteiger partial charge in [0.15, 0.2) is 0 Å². The largest absolute Gasteiger partial charge is 0.494 e. The Balaban J connectivity index is 1.06. The van der Waals surface area contributed by atoms with Crippen LogP contribution in [0.1, 0.15) is 52.0 Å². The van der Waals surface area contributed by atoms with E-state index in [-0.39, 0.29) is 0 Å². The molecule has 0 bridgehead atoms. The monoisotopic (exact) mass is 768 g/mol. The molecule has 0 unspecified atom stereocenters. The lowest BCUT2D eigenvalue weighted by Gasteiger charge is -2.11. The lowest BCUT2D eigenvalue weighted by molar-refractivity contribution is -0.138. The zero-order valence-electron chi connectivity index (χ0n) is 31.8. The minimum absolute atomic E-state index is 0.321. The van der Waals surface area contributed by atoms with Crippen molar-refractivity contribution in [3.05, 3.63) is 157 Å². The molecule has 0 saturated heterocycles. The molecule has 0 amide bonds. The Hall–Kier alpha value is -6.94. The van der Waals surface area contributed by atoms with Gasteiger partial charge in [0, 0.05) is 12.2 Å². The van der Waals surface area contributed by atoms with Gasteiger partial charge in [-0.3, -0.25) is 0 Å². The van der Waals surface area contributed by atoms with Crippen molar-refractivity contribution in [1.29, 1.82) is 0 Å². The van der Waals surface area contributed by atoms with Crippen molar-refractivity contribution >= 4 is 23.9 Å². The van der Waals surface area contributed by atoms with Crippen LogP contribution in [0.4, 0.5) is 0 Å². The average Bonchev–Trinajstić information content (AvgIpc) is 3.24. The molecule has 0 aliphatic carbocycles. The number of rotatable bonds is 20. The minimum Gasteiger partial charge on any atom is -0.494 e. The zero-order valence-corrected chi connectivity index (χ0v) is 31.8. The first-order chi connectivity index (χ1) is 27.7. The van der Waals surface area contributed by atoms with Gasteiger partial charge in [-0.05, 0) is 127 Å². The summed E-state index contributed by atoms with van der Waals surface area (Å²) < 4.78 is 32.8. The summed E-state index contributed by atoms with van der Waals surface area (Å²) in [7, 11) is 0. The van der Waals surface area contributed by atoms with Crippen LogP contribution in [-0.4, -0.2) is 50.3 Å². The molecular formula is C47H44O10.